The number of rotatable bonds is 5. The summed E-state index contributed by atoms with van der Waals surface area (Å²) in [6.07, 6.45) is 0.492. The molecule has 0 saturated carbocycles. The highest BCUT2D eigenvalue weighted by molar-refractivity contribution is 7.93. The number of benzene rings is 2. The van der Waals surface area contributed by atoms with E-state index in [4.69, 9.17) is 11.6 Å². The molecule has 0 aromatic heterocycles. The van der Waals surface area contributed by atoms with Gasteiger partial charge in [-0.2, -0.15) is 0 Å². The van der Waals surface area contributed by atoms with Crippen LogP contribution in [-0.4, -0.2) is 34.1 Å². The zero-order valence-electron chi connectivity index (χ0n) is 13.7. The summed E-state index contributed by atoms with van der Waals surface area (Å²) in [5.41, 5.74) is -0.262. The van der Waals surface area contributed by atoms with Gasteiger partial charge in [-0.25, -0.2) is 16.8 Å². The molecule has 2 aromatic carbocycles. The summed E-state index contributed by atoms with van der Waals surface area (Å²) in [6, 6.07) is 8.99. The highest BCUT2D eigenvalue weighted by atomic mass is 35.5. The average Bonchev–Trinajstić information content (AvgIpc) is 2.96. The van der Waals surface area contributed by atoms with Crippen LogP contribution in [-0.2, 0) is 20.0 Å². The lowest BCUT2D eigenvalue weighted by Gasteiger charge is -2.18. The maximum Gasteiger partial charge on any atom is 0.289 e. The minimum Gasteiger partial charge on any atom is -0.278 e. The molecule has 0 amide bonds. The first-order valence-corrected chi connectivity index (χ1v) is 11.1. The number of nitro benzene ring substituents is 1. The van der Waals surface area contributed by atoms with Gasteiger partial charge in [-0.05, 0) is 30.7 Å². The minimum atomic E-state index is -4.27. The van der Waals surface area contributed by atoms with E-state index >= 15 is 0 Å². The second-order valence-corrected chi connectivity index (χ2v) is 9.81. The SMILES string of the molecule is O=[N+]([O-])c1ccccc1S(=O)(=O)Nc1ccc(N2CCCS2(=O)=O)cc1Cl. The molecule has 1 aliphatic rings. The van der Waals surface area contributed by atoms with Crippen LogP contribution in [0.25, 0.3) is 0 Å². The second-order valence-electron chi connectivity index (χ2n) is 5.74. The van der Waals surface area contributed by atoms with Gasteiger partial charge in [0.2, 0.25) is 10.0 Å². The summed E-state index contributed by atoms with van der Waals surface area (Å²) in [4.78, 5) is 9.77. The number of nitrogens with one attached hydrogen (secondary N) is 1. The van der Waals surface area contributed by atoms with Crippen LogP contribution in [0.15, 0.2) is 47.4 Å². The Morgan fingerprint density at radius 1 is 1.19 bits per heavy atom. The van der Waals surface area contributed by atoms with Crippen molar-refractivity contribution in [3.63, 3.8) is 0 Å². The first kappa shape index (κ1) is 19.4. The van der Waals surface area contributed by atoms with E-state index in [9.17, 15) is 26.9 Å². The molecule has 0 unspecified atom stereocenters. The number of nitro groups is 1. The fourth-order valence-electron chi connectivity index (χ4n) is 2.71. The number of halogens is 1. The van der Waals surface area contributed by atoms with Crippen molar-refractivity contribution in [2.75, 3.05) is 21.3 Å². The molecule has 12 heteroatoms. The third kappa shape index (κ3) is 3.84. The van der Waals surface area contributed by atoms with Crippen LogP contribution < -0.4 is 9.03 Å². The maximum atomic E-state index is 12.5. The first-order valence-electron chi connectivity index (χ1n) is 7.68. The molecular formula is C15H14ClN3O6S2. The maximum absolute atomic E-state index is 12.5. The number of hydrogen-bond donors (Lipinski definition) is 1. The van der Waals surface area contributed by atoms with E-state index in [1.807, 2.05) is 0 Å². The van der Waals surface area contributed by atoms with Gasteiger partial charge in [0.15, 0.2) is 4.90 Å². The molecule has 9 nitrogen and oxygen atoms in total. The molecule has 1 saturated heterocycles. The lowest BCUT2D eigenvalue weighted by molar-refractivity contribution is -0.387. The van der Waals surface area contributed by atoms with Crippen molar-refractivity contribution in [3.8, 4) is 0 Å². The van der Waals surface area contributed by atoms with Crippen molar-refractivity contribution >= 4 is 48.7 Å². The van der Waals surface area contributed by atoms with Gasteiger partial charge in [0.25, 0.3) is 15.7 Å². The smallest absolute Gasteiger partial charge is 0.278 e. The van der Waals surface area contributed by atoms with Crippen LogP contribution in [0.1, 0.15) is 6.42 Å². The van der Waals surface area contributed by atoms with Crippen LogP contribution in [0.4, 0.5) is 17.1 Å². The van der Waals surface area contributed by atoms with E-state index in [0.717, 1.165) is 12.1 Å². The average molecular weight is 432 g/mol. The molecule has 1 fully saturated rings. The van der Waals surface area contributed by atoms with E-state index in [1.54, 1.807) is 0 Å². The standard InChI is InChI=1S/C15H14ClN3O6S2/c16-12-10-11(18-8-3-9-26(18,22)23)6-7-13(12)17-27(24,25)15-5-2-1-4-14(15)19(20)21/h1-2,4-7,10,17H,3,8-9H2. The van der Waals surface area contributed by atoms with Gasteiger partial charge in [-0.15, -0.1) is 0 Å². The van der Waals surface area contributed by atoms with Crippen LogP contribution in [0.3, 0.4) is 0 Å². The van der Waals surface area contributed by atoms with Crippen LogP contribution in [0, 0.1) is 10.1 Å². The summed E-state index contributed by atoms with van der Waals surface area (Å²) in [5, 5.41) is 11.0. The summed E-state index contributed by atoms with van der Waals surface area (Å²) in [5.74, 6) is 0.0384. The van der Waals surface area contributed by atoms with E-state index < -0.39 is 35.6 Å². The number of nitrogens with zero attached hydrogens (tertiary/aromatic N) is 2. The predicted octanol–water partition coefficient (Wildman–Crippen LogP) is 2.59. The van der Waals surface area contributed by atoms with E-state index in [2.05, 4.69) is 4.72 Å². The van der Waals surface area contributed by atoms with Gasteiger partial charge < -0.3 is 0 Å². The quantitative estimate of drug-likeness (QED) is 0.572. The molecule has 144 valence electrons. The van der Waals surface area contributed by atoms with Crippen molar-refractivity contribution in [2.24, 2.45) is 0 Å². The van der Waals surface area contributed by atoms with E-state index in [-0.39, 0.29) is 16.5 Å². The van der Waals surface area contributed by atoms with Crippen LogP contribution in [0.5, 0.6) is 0 Å². The Labute approximate surface area is 160 Å². The number of sulfonamides is 2. The Hall–Kier alpha value is -2.37. The minimum absolute atomic E-state index is 0.0184. The molecule has 3 rings (SSSR count). The fraction of sp³-hybridized carbons (Fsp3) is 0.200. The van der Waals surface area contributed by atoms with Gasteiger partial charge in [-0.1, -0.05) is 23.7 Å². The Kier molecular flexibility index (Phi) is 5.02. The number of anilines is 2. The van der Waals surface area contributed by atoms with Crippen molar-refractivity contribution in [3.05, 3.63) is 57.6 Å². The molecule has 2 aromatic rings. The Morgan fingerprint density at radius 3 is 2.48 bits per heavy atom. The third-order valence-electron chi connectivity index (χ3n) is 3.94. The summed E-state index contributed by atoms with van der Waals surface area (Å²) in [6.45, 7) is 0.319. The monoisotopic (exact) mass is 431 g/mol. The highest BCUT2D eigenvalue weighted by Gasteiger charge is 2.29. The molecule has 0 spiro atoms. The first-order chi connectivity index (χ1) is 12.6. The van der Waals surface area contributed by atoms with E-state index in [0.29, 0.717) is 18.7 Å². The largest absolute Gasteiger partial charge is 0.289 e. The molecule has 0 bridgehead atoms. The van der Waals surface area contributed by atoms with Crippen molar-refractivity contribution in [1.82, 2.24) is 0 Å². The summed E-state index contributed by atoms with van der Waals surface area (Å²) < 4.78 is 52.5. The van der Waals surface area contributed by atoms with Gasteiger partial charge in [-0.3, -0.25) is 19.1 Å². The molecule has 1 heterocycles. The molecule has 0 aliphatic carbocycles. The molecule has 27 heavy (non-hydrogen) atoms. The predicted molar refractivity (Wildman–Crippen MR) is 101 cm³/mol. The van der Waals surface area contributed by atoms with Gasteiger partial charge in [0.05, 0.1) is 27.1 Å². The summed E-state index contributed by atoms with van der Waals surface area (Å²) >= 11 is 6.11. The number of hydrogen-bond acceptors (Lipinski definition) is 6. The number of para-hydroxylation sites is 1. The fourth-order valence-corrected chi connectivity index (χ4v) is 5.79. The zero-order valence-corrected chi connectivity index (χ0v) is 16.1. The topological polar surface area (TPSA) is 127 Å². The summed E-state index contributed by atoms with van der Waals surface area (Å²) in [7, 11) is -7.68. The lowest BCUT2D eigenvalue weighted by atomic mass is 10.3. The van der Waals surface area contributed by atoms with Gasteiger partial charge in [0.1, 0.15) is 0 Å². The van der Waals surface area contributed by atoms with Crippen LogP contribution in [0.2, 0.25) is 5.02 Å². The molecule has 0 atom stereocenters. The van der Waals surface area contributed by atoms with Crippen molar-refractivity contribution in [2.45, 2.75) is 11.3 Å². The normalized spacial score (nSPS) is 16.3. The molecular weight excluding hydrogens is 418 g/mol. The van der Waals surface area contributed by atoms with Crippen molar-refractivity contribution < 1.29 is 21.8 Å². The Balaban J connectivity index is 1.94. The highest BCUT2D eigenvalue weighted by Crippen LogP contribution is 2.33. The molecule has 0 radical (unpaired) electrons. The van der Waals surface area contributed by atoms with Crippen molar-refractivity contribution in [1.29, 1.82) is 0 Å². The van der Waals surface area contributed by atoms with Crippen LogP contribution >= 0.6 is 11.6 Å². The van der Waals surface area contributed by atoms with Gasteiger partial charge in [0, 0.05) is 12.6 Å². The second kappa shape index (κ2) is 6.98. The Morgan fingerprint density at radius 2 is 1.89 bits per heavy atom. The Bertz CT molecular complexity index is 1120. The molecule has 1 N–H and O–H groups in total. The van der Waals surface area contributed by atoms with Gasteiger partial charge >= 0.3 is 0 Å². The zero-order chi connectivity index (χ0) is 19.8. The lowest BCUT2D eigenvalue weighted by Crippen LogP contribution is -2.25. The van der Waals surface area contributed by atoms with E-state index in [1.165, 1.54) is 34.6 Å². The molecule has 1 aliphatic heterocycles. The third-order valence-corrected chi connectivity index (χ3v) is 7.53.